The molecule has 1 aliphatic rings. The van der Waals surface area contributed by atoms with Crippen LogP contribution < -0.4 is 5.73 Å². The van der Waals surface area contributed by atoms with Crippen molar-refractivity contribution in [3.05, 3.63) is 29.8 Å². The van der Waals surface area contributed by atoms with Crippen molar-refractivity contribution in [3.8, 4) is 0 Å². The zero-order valence-corrected chi connectivity index (χ0v) is 9.63. The van der Waals surface area contributed by atoms with Gasteiger partial charge in [0.05, 0.1) is 11.5 Å². The molecule has 0 amide bonds. The van der Waals surface area contributed by atoms with Gasteiger partial charge in [0.15, 0.2) is 9.84 Å². The summed E-state index contributed by atoms with van der Waals surface area (Å²) in [5, 5.41) is 0. The maximum Gasteiger partial charge on any atom is 0.153 e. The molecule has 0 aromatic heterocycles. The zero-order valence-electron chi connectivity index (χ0n) is 8.82. The number of hydrogen-bond donors (Lipinski definition) is 1. The van der Waals surface area contributed by atoms with Gasteiger partial charge >= 0.3 is 0 Å². The van der Waals surface area contributed by atoms with Crippen LogP contribution in [-0.4, -0.2) is 25.6 Å². The number of nitrogens with two attached hydrogens (primary N) is 1. The van der Waals surface area contributed by atoms with Gasteiger partial charge in [0.2, 0.25) is 0 Å². The average Bonchev–Trinajstić information content (AvgIpc) is 2.45. The van der Waals surface area contributed by atoms with E-state index in [9.17, 15) is 12.8 Å². The molecule has 1 aliphatic heterocycles. The Balaban J connectivity index is 2.20. The van der Waals surface area contributed by atoms with E-state index in [4.69, 9.17) is 5.73 Å². The molecule has 88 valence electrons. The molecule has 2 N–H and O–H groups in total. The minimum Gasteiger partial charge on any atom is -0.399 e. The highest BCUT2D eigenvalue weighted by atomic mass is 32.2. The maximum absolute atomic E-state index is 14.2. The maximum atomic E-state index is 14.2. The van der Waals surface area contributed by atoms with Crippen LogP contribution in [-0.2, 0) is 16.3 Å². The molecule has 0 saturated carbocycles. The number of para-hydroxylation sites is 1. The Labute approximate surface area is 94.4 Å². The molecule has 1 heterocycles. The van der Waals surface area contributed by atoms with Crippen molar-refractivity contribution in [2.45, 2.75) is 18.5 Å². The number of nitrogen functional groups attached to an aromatic ring is 1. The molecule has 1 fully saturated rings. The summed E-state index contributed by atoms with van der Waals surface area (Å²) in [5.41, 5.74) is 5.26. The smallest absolute Gasteiger partial charge is 0.153 e. The van der Waals surface area contributed by atoms with E-state index in [1.165, 1.54) is 0 Å². The highest BCUT2D eigenvalue weighted by Crippen LogP contribution is 2.32. The molecule has 2 rings (SSSR count). The van der Waals surface area contributed by atoms with E-state index in [1.54, 1.807) is 24.3 Å². The van der Waals surface area contributed by atoms with Crippen LogP contribution in [0.25, 0.3) is 0 Å². The summed E-state index contributed by atoms with van der Waals surface area (Å²) in [6, 6.07) is 6.98. The van der Waals surface area contributed by atoms with E-state index in [0.29, 0.717) is 11.3 Å². The Morgan fingerprint density at radius 1 is 1.38 bits per heavy atom. The second-order valence-corrected chi connectivity index (χ2v) is 6.55. The average molecular weight is 243 g/mol. The summed E-state index contributed by atoms with van der Waals surface area (Å²) in [5.74, 6) is -0.440. The molecule has 0 bridgehead atoms. The second kappa shape index (κ2) is 3.73. The standard InChI is InChI=1S/C11H14FNO2S/c12-11(5-6-16(14,15)8-11)7-9-3-1-2-4-10(9)13/h1-4H,5-8,13H2. The van der Waals surface area contributed by atoms with Gasteiger partial charge in [-0.2, -0.15) is 0 Å². The van der Waals surface area contributed by atoms with Gasteiger partial charge < -0.3 is 5.73 Å². The van der Waals surface area contributed by atoms with E-state index in [0.717, 1.165) is 0 Å². The number of halogens is 1. The molecule has 0 aliphatic carbocycles. The predicted molar refractivity (Wildman–Crippen MR) is 61.7 cm³/mol. The van der Waals surface area contributed by atoms with Crippen molar-refractivity contribution in [3.63, 3.8) is 0 Å². The van der Waals surface area contributed by atoms with Gasteiger partial charge in [-0.1, -0.05) is 18.2 Å². The van der Waals surface area contributed by atoms with Gasteiger partial charge in [0.25, 0.3) is 0 Å². The highest BCUT2D eigenvalue weighted by Gasteiger charge is 2.42. The third-order valence-electron chi connectivity index (χ3n) is 2.90. The summed E-state index contributed by atoms with van der Waals surface area (Å²) in [4.78, 5) is 0. The van der Waals surface area contributed by atoms with Crippen LogP contribution in [0.1, 0.15) is 12.0 Å². The monoisotopic (exact) mass is 243 g/mol. The summed E-state index contributed by atoms with van der Waals surface area (Å²) in [6.07, 6.45) is 0.155. The van der Waals surface area contributed by atoms with Gasteiger partial charge in [0.1, 0.15) is 5.67 Å². The van der Waals surface area contributed by atoms with Gasteiger partial charge in [-0.05, 0) is 18.1 Å². The fourth-order valence-electron chi connectivity index (χ4n) is 2.05. The first-order valence-electron chi connectivity index (χ1n) is 5.13. The molecule has 1 unspecified atom stereocenters. The van der Waals surface area contributed by atoms with Gasteiger partial charge in [-0.25, -0.2) is 12.8 Å². The lowest BCUT2D eigenvalue weighted by Crippen LogP contribution is -2.27. The van der Waals surface area contributed by atoms with Crippen LogP contribution in [0.5, 0.6) is 0 Å². The van der Waals surface area contributed by atoms with Gasteiger partial charge in [0, 0.05) is 12.1 Å². The molecule has 3 nitrogen and oxygen atoms in total. The summed E-state index contributed by atoms with van der Waals surface area (Å²) in [6.45, 7) is 0. The van der Waals surface area contributed by atoms with E-state index in [2.05, 4.69) is 0 Å². The molecule has 0 radical (unpaired) electrons. The lowest BCUT2D eigenvalue weighted by molar-refractivity contribution is 0.199. The molecule has 0 spiro atoms. The lowest BCUT2D eigenvalue weighted by atomic mass is 9.95. The Kier molecular flexibility index (Phi) is 2.66. The number of rotatable bonds is 2. The Bertz CT molecular complexity index is 500. The quantitative estimate of drug-likeness (QED) is 0.797. The Morgan fingerprint density at radius 2 is 2.06 bits per heavy atom. The Hall–Kier alpha value is -1.10. The number of benzene rings is 1. The summed E-state index contributed by atoms with van der Waals surface area (Å²) >= 11 is 0. The van der Waals surface area contributed by atoms with Crippen molar-refractivity contribution in [2.24, 2.45) is 0 Å². The van der Waals surface area contributed by atoms with E-state index >= 15 is 0 Å². The number of hydrogen-bond acceptors (Lipinski definition) is 3. The summed E-state index contributed by atoms with van der Waals surface area (Å²) in [7, 11) is -3.20. The highest BCUT2D eigenvalue weighted by molar-refractivity contribution is 7.91. The number of sulfone groups is 1. The SMILES string of the molecule is Nc1ccccc1CC1(F)CCS(=O)(=O)C1. The molecule has 1 atom stereocenters. The van der Waals surface area contributed by atoms with Crippen molar-refractivity contribution in [1.29, 1.82) is 0 Å². The number of anilines is 1. The molecular formula is C11H14FNO2S. The van der Waals surface area contributed by atoms with Crippen LogP contribution in [0.3, 0.4) is 0 Å². The third-order valence-corrected chi connectivity index (χ3v) is 4.69. The van der Waals surface area contributed by atoms with Crippen LogP contribution in [0.4, 0.5) is 10.1 Å². The minimum atomic E-state index is -3.20. The normalized spacial score (nSPS) is 28.1. The first-order chi connectivity index (χ1) is 7.40. The lowest BCUT2D eigenvalue weighted by Gasteiger charge is -2.18. The molecule has 5 heteroatoms. The minimum absolute atomic E-state index is 0.0593. The zero-order chi connectivity index (χ0) is 11.8. The van der Waals surface area contributed by atoms with Crippen LogP contribution in [0.2, 0.25) is 0 Å². The molecule has 1 aromatic carbocycles. The van der Waals surface area contributed by atoms with Crippen molar-refractivity contribution < 1.29 is 12.8 Å². The number of alkyl halides is 1. The van der Waals surface area contributed by atoms with E-state index < -0.39 is 15.5 Å². The molecule has 1 saturated heterocycles. The second-order valence-electron chi connectivity index (χ2n) is 4.37. The topological polar surface area (TPSA) is 60.2 Å². The predicted octanol–water partition coefficient (Wildman–Crippen LogP) is 1.34. The van der Waals surface area contributed by atoms with Crippen LogP contribution in [0.15, 0.2) is 24.3 Å². The fraction of sp³-hybridized carbons (Fsp3) is 0.455. The van der Waals surface area contributed by atoms with Crippen LogP contribution >= 0.6 is 0 Å². The first kappa shape index (κ1) is 11.4. The first-order valence-corrected chi connectivity index (χ1v) is 6.95. The van der Waals surface area contributed by atoms with Crippen molar-refractivity contribution >= 4 is 15.5 Å². The van der Waals surface area contributed by atoms with Gasteiger partial charge in [-0.15, -0.1) is 0 Å². The van der Waals surface area contributed by atoms with Crippen molar-refractivity contribution in [1.82, 2.24) is 0 Å². The summed E-state index contributed by atoms with van der Waals surface area (Å²) < 4.78 is 36.7. The van der Waals surface area contributed by atoms with E-state index in [-0.39, 0.29) is 24.3 Å². The molecule has 16 heavy (non-hydrogen) atoms. The molecule has 1 aromatic rings. The molecular weight excluding hydrogens is 229 g/mol. The Morgan fingerprint density at radius 3 is 2.62 bits per heavy atom. The largest absolute Gasteiger partial charge is 0.399 e. The van der Waals surface area contributed by atoms with Crippen LogP contribution in [0, 0.1) is 0 Å². The van der Waals surface area contributed by atoms with Gasteiger partial charge in [-0.3, -0.25) is 0 Å². The third kappa shape index (κ3) is 2.35. The fourth-order valence-corrected chi connectivity index (χ4v) is 3.91. The van der Waals surface area contributed by atoms with Crippen molar-refractivity contribution in [2.75, 3.05) is 17.2 Å². The van der Waals surface area contributed by atoms with E-state index in [1.807, 2.05) is 0 Å².